The number of hydrogen-bond donors (Lipinski definition) is 3. The first-order valence-electron chi connectivity index (χ1n) is 35.4. The fourth-order valence-corrected chi connectivity index (χ4v) is 25.7. The second-order valence-corrected chi connectivity index (χ2v) is 33.9. The highest BCUT2D eigenvalue weighted by atomic mass is 17.1. The van der Waals surface area contributed by atoms with Gasteiger partial charge in [0.05, 0.1) is 54.0 Å². The van der Waals surface area contributed by atoms with Crippen LogP contribution in [0.2, 0.25) is 0 Å². The smallest absolute Gasteiger partial charge is 0.349 e. The average molecular weight is 1260 g/mol. The first-order valence-corrected chi connectivity index (χ1v) is 35.4. The zero-order valence-electron chi connectivity index (χ0n) is 52.7. The molecule has 20 heteroatoms. The minimum Gasteiger partial charge on any atom is -0.465 e. The van der Waals surface area contributed by atoms with Crippen LogP contribution in [0.5, 0.6) is 0 Å². The van der Waals surface area contributed by atoms with E-state index in [1.807, 2.05) is 6.92 Å². The monoisotopic (exact) mass is 1260 g/mol. The maximum Gasteiger partial charge on any atom is 0.349 e. The summed E-state index contributed by atoms with van der Waals surface area (Å²) < 4.78 is 55.4. The number of aliphatic hydroxyl groups is 2. The Morgan fingerprint density at radius 1 is 0.567 bits per heavy atom. The zero-order chi connectivity index (χ0) is 62.0. The van der Waals surface area contributed by atoms with Gasteiger partial charge in [-0.1, -0.05) is 6.92 Å². The van der Waals surface area contributed by atoms with Gasteiger partial charge < -0.3 is 52.8 Å². The second-order valence-electron chi connectivity index (χ2n) is 33.9. The van der Waals surface area contributed by atoms with Crippen molar-refractivity contribution in [2.45, 2.75) is 209 Å². The lowest BCUT2D eigenvalue weighted by Gasteiger charge is -2.61. The topological polar surface area (TPSA) is 272 Å². The SMILES string of the molecule is CC1(OC(=O)C2OC(=O)C23C2CCC(C2)C3C(=O)OCC(CO)(COCOC2C3CCC(C3)C2C(=O)OCC(=O)OC23CC4CC(CC(O)(C4)C2)C3)COC(=O)C2C3CCC(C3)C2C(=O)OCC(OO)C2(C)C3CC4CC(C3)CC2C4)C2CC3CC(C2)CC1C3. The van der Waals surface area contributed by atoms with Gasteiger partial charge in [0.1, 0.15) is 49.3 Å². The van der Waals surface area contributed by atoms with E-state index in [9.17, 15) is 44.2 Å². The molecule has 19 rings (SSSR count). The second kappa shape index (κ2) is 22.3. The van der Waals surface area contributed by atoms with Crippen LogP contribution in [0.25, 0.3) is 0 Å². The van der Waals surface area contributed by atoms with Gasteiger partial charge in [-0.3, -0.25) is 29.2 Å². The van der Waals surface area contributed by atoms with Crippen LogP contribution in [0.4, 0.5) is 0 Å². The van der Waals surface area contributed by atoms with Gasteiger partial charge in [-0.05, 0) is 256 Å². The molecule has 90 heavy (non-hydrogen) atoms. The first-order chi connectivity index (χ1) is 43.2. The summed E-state index contributed by atoms with van der Waals surface area (Å²) in [5.41, 5.74) is -5.71. The normalized spacial score (nSPS) is 49.4. The van der Waals surface area contributed by atoms with E-state index in [4.69, 9.17) is 47.5 Å². The van der Waals surface area contributed by atoms with Crippen molar-refractivity contribution in [3.63, 3.8) is 0 Å². The largest absolute Gasteiger partial charge is 0.465 e. The van der Waals surface area contributed by atoms with E-state index in [-0.39, 0.29) is 72.8 Å². The molecule has 18 aliphatic carbocycles. The molecule has 496 valence electrons. The highest BCUT2D eigenvalue weighted by molar-refractivity contribution is 5.99. The van der Waals surface area contributed by atoms with Crippen LogP contribution in [0.1, 0.15) is 174 Å². The van der Waals surface area contributed by atoms with Crippen molar-refractivity contribution in [2.75, 3.05) is 46.4 Å². The minimum absolute atomic E-state index is 0.00777. The summed E-state index contributed by atoms with van der Waals surface area (Å²) in [4.78, 5) is 105. The number of aliphatic hydroxyl groups excluding tert-OH is 1. The molecule has 3 N–H and O–H groups in total. The van der Waals surface area contributed by atoms with Gasteiger partial charge in [0.25, 0.3) is 0 Å². The van der Waals surface area contributed by atoms with E-state index in [1.54, 1.807) is 0 Å². The maximum atomic E-state index is 15.0. The fourth-order valence-electron chi connectivity index (χ4n) is 25.7. The van der Waals surface area contributed by atoms with Crippen LogP contribution in [0.15, 0.2) is 0 Å². The fraction of sp³-hybridized carbons (Fsp3) is 0.900. The molecule has 17 atom stereocenters. The minimum atomic E-state index is -1.61. The lowest BCUT2D eigenvalue weighted by Crippen LogP contribution is -2.69. The van der Waals surface area contributed by atoms with E-state index in [0.717, 1.165) is 96.3 Å². The summed E-state index contributed by atoms with van der Waals surface area (Å²) in [6.45, 7) is 1.06. The molecule has 0 aromatic heterocycles. The van der Waals surface area contributed by atoms with Gasteiger partial charge in [-0.15, -0.1) is 0 Å². The van der Waals surface area contributed by atoms with Crippen LogP contribution in [0, 0.1) is 135 Å². The molecule has 1 saturated heterocycles. The van der Waals surface area contributed by atoms with Crippen molar-refractivity contribution >= 4 is 41.8 Å². The van der Waals surface area contributed by atoms with Crippen molar-refractivity contribution in [1.29, 1.82) is 0 Å². The Morgan fingerprint density at radius 3 is 1.71 bits per heavy atom. The van der Waals surface area contributed by atoms with Gasteiger partial charge >= 0.3 is 41.8 Å². The summed E-state index contributed by atoms with van der Waals surface area (Å²) >= 11 is 0. The summed E-state index contributed by atoms with van der Waals surface area (Å²) in [6, 6.07) is 0. The molecule has 0 amide bonds. The molecule has 19 aliphatic rings. The lowest BCUT2D eigenvalue weighted by atomic mass is 9.44. The van der Waals surface area contributed by atoms with Gasteiger partial charge in [0.15, 0.2) is 6.61 Å². The Hall–Kier alpha value is -3.95. The quantitative estimate of drug-likeness (QED) is 0.0219. The number of rotatable bonds is 23. The van der Waals surface area contributed by atoms with E-state index >= 15 is 4.79 Å². The van der Waals surface area contributed by atoms with Crippen molar-refractivity contribution in [1.82, 2.24) is 0 Å². The Bertz CT molecular complexity index is 2820. The lowest BCUT2D eigenvalue weighted by molar-refractivity contribution is -0.333. The molecule has 0 radical (unpaired) electrons. The molecule has 1 heterocycles. The summed E-state index contributed by atoms with van der Waals surface area (Å²) in [7, 11) is 0. The van der Waals surface area contributed by atoms with Gasteiger partial charge in [0.2, 0.25) is 6.10 Å². The molecule has 1 aliphatic heterocycles. The third kappa shape index (κ3) is 9.73. The molecule has 17 unspecified atom stereocenters. The number of esters is 7. The van der Waals surface area contributed by atoms with Crippen molar-refractivity contribution in [3.8, 4) is 0 Å². The van der Waals surface area contributed by atoms with Gasteiger partial charge in [-0.2, -0.15) is 0 Å². The number of ether oxygens (including phenoxy) is 9. The molecule has 19 fully saturated rings. The Balaban J connectivity index is 0.598. The molecule has 0 aromatic rings. The number of cyclic esters (lactones) is 1. The predicted octanol–water partition coefficient (Wildman–Crippen LogP) is 7.87. The Kier molecular flexibility index (Phi) is 15.1. The summed E-state index contributed by atoms with van der Waals surface area (Å²) in [5.74, 6) is -4.21. The maximum absolute atomic E-state index is 15.0. The summed E-state index contributed by atoms with van der Waals surface area (Å²) in [5, 5.41) is 33.2. The zero-order valence-corrected chi connectivity index (χ0v) is 52.7. The number of carbonyl (C=O) groups excluding carboxylic acids is 7. The Labute approximate surface area is 526 Å². The predicted molar refractivity (Wildman–Crippen MR) is 310 cm³/mol. The van der Waals surface area contributed by atoms with E-state index < -0.39 is 138 Å². The first kappa shape index (κ1) is 61.0. The van der Waals surface area contributed by atoms with Crippen molar-refractivity contribution in [3.05, 3.63) is 0 Å². The van der Waals surface area contributed by atoms with Crippen LogP contribution < -0.4 is 0 Å². The molecule has 20 nitrogen and oxygen atoms in total. The molecular formula is C70H96O20. The van der Waals surface area contributed by atoms with Crippen LogP contribution in [-0.4, -0.2) is 139 Å². The molecule has 18 bridgehead atoms. The van der Waals surface area contributed by atoms with E-state index in [2.05, 4.69) is 6.92 Å². The van der Waals surface area contributed by atoms with Gasteiger partial charge in [-0.25, -0.2) is 14.5 Å². The number of fused-ring (bicyclic) bond motifs is 7. The average Bonchev–Trinajstić information content (AvgIpc) is 1.44. The standard InChI is InChI=1S/C70H96O20/c1-65(47-12-35-9-36(14-47)15-48(65)13-35)51(90-80)27-82-59(73)53-41-3-4-42(20-41)54(53)60(74)84-32-67(30-71,31-81-34-86-57-45-6-5-43(21-45)55(57)61(75)83-28-52(72)88-69-25-39-11-40(26-69)24-68(79,23-39)29-69)33-85-62(76)56-44-7-8-46(22-44)70(56)58(87-64(70)78)63(77)89-66(2)49-16-37-10-38(18-49)19-50(66)17-37/h35-51,53-58,71,79-80H,3-34H2,1-2H3. The number of carbonyl (C=O) groups is 7. The van der Waals surface area contributed by atoms with Crippen molar-refractivity contribution in [2.24, 2.45) is 135 Å². The highest BCUT2D eigenvalue weighted by Gasteiger charge is 2.78. The van der Waals surface area contributed by atoms with Crippen molar-refractivity contribution < 1.29 is 96.6 Å². The third-order valence-corrected chi connectivity index (χ3v) is 29.1. The van der Waals surface area contributed by atoms with Crippen LogP contribution >= 0.6 is 0 Å². The third-order valence-electron chi connectivity index (χ3n) is 29.1. The molecule has 0 aromatic carbocycles. The highest BCUT2D eigenvalue weighted by Crippen LogP contribution is 2.68. The molecule has 1 spiro atoms. The number of hydrogen-bond acceptors (Lipinski definition) is 20. The van der Waals surface area contributed by atoms with E-state index in [0.29, 0.717) is 98.7 Å². The summed E-state index contributed by atoms with van der Waals surface area (Å²) in [6.07, 6.45) is 18.7. The van der Waals surface area contributed by atoms with E-state index in [1.165, 1.54) is 12.8 Å². The van der Waals surface area contributed by atoms with Crippen LogP contribution in [0.3, 0.4) is 0 Å². The van der Waals surface area contributed by atoms with Gasteiger partial charge in [0, 0.05) is 11.8 Å². The van der Waals surface area contributed by atoms with Crippen LogP contribution in [-0.2, 0) is 81.1 Å². The molecule has 18 saturated carbocycles. The Morgan fingerprint density at radius 2 is 1.11 bits per heavy atom. The molecular weight excluding hydrogens is 1160 g/mol.